The molecule has 74 valence electrons. The summed E-state index contributed by atoms with van der Waals surface area (Å²) in [6.07, 6.45) is 0.894. The zero-order valence-corrected chi connectivity index (χ0v) is 9.02. The van der Waals surface area contributed by atoms with Crippen molar-refractivity contribution in [3.05, 3.63) is 28.3 Å². The third kappa shape index (κ3) is 1.57. The van der Waals surface area contributed by atoms with Crippen LogP contribution < -0.4 is 10.5 Å². The lowest BCUT2D eigenvalue weighted by atomic mass is 10.1. The molecule has 3 nitrogen and oxygen atoms in total. The molecule has 1 aliphatic heterocycles. The van der Waals surface area contributed by atoms with Crippen LogP contribution in [0.1, 0.15) is 12.5 Å². The molecule has 1 aromatic rings. The number of ether oxygens (including phenoxy) is 1. The summed E-state index contributed by atoms with van der Waals surface area (Å²) in [6, 6.07) is 3.93. The van der Waals surface area contributed by atoms with Crippen molar-refractivity contribution in [1.82, 2.24) is 4.98 Å². The minimum Gasteiger partial charge on any atom is -0.481 e. The molecule has 0 atom stereocenters. The Hall–Kier alpha value is -1.16. The maximum Gasteiger partial charge on any atom is 0.214 e. The first-order valence-corrected chi connectivity index (χ1v) is 5.19. The number of rotatable bonds is 1. The van der Waals surface area contributed by atoms with E-state index in [0.29, 0.717) is 5.88 Å². The lowest BCUT2D eigenvalue weighted by molar-refractivity contribution is 0.394. The number of thioether (sulfide) groups is 1. The van der Waals surface area contributed by atoms with Gasteiger partial charge in [-0.1, -0.05) is 17.8 Å². The van der Waals surface area contributed by atoms with E-state index >= 15 is 0 Å². The Labute approximate surface area is 87.4 Å². The first kappa shape index (κ1) is 9.40. The van der Waals surface area contributed by atoms with E-state index in [-0.39, 0.29) is 0 Å². The van der Waals surface area contributed by atoms with E-state index in [1.165, 1.54) is 22.9 Å². The second-order valence-corrected chi connectivity index (χ2v) is 4.27. The quantitative estimate of drug-likeness (QED) is 0.766. The molecular weight excluding hydrogens is 196 g/mol. The van der Waals surface area contributed by atoms with Crippen LogP contribution in [0.2, 0.25) is 0 Å². The number of aromatic nitrogens is 1. The summed E-state index contributed by atoms with van der Waals surface area (Å²) in [4.78, 5) is 4.34. The third-order valence-corrected chi connectivity index (χ3v) is 3.32. The topological polar surface area (TPSA) is 48.1 Å². The third-order valence-electron chi connectivity index (χ3n) is 2.21. The molecule has 0 aromatic carbocycles. The summed E-state index contributed by atoms with van der Waals surface area (Å²) in [7, 11) is 1.62. The van der Waals surface area contributed by atoms with Crippen LogP contribution in [0.4, 0.5) is 0 Å². The monoisotopic (exact) mass is 208 g/mol. The molecule has 0 spiro atoms. The van der Waals surface area contributed by atoms with Gasteiger partial charge >= 0.3 is 0 Å². The molecule has 0 unspecified atom stereocenters. The molecule has 0 bridgehead atoms. The fourth-order valence-electron chi connectivity index (χ4n) is 1.35. The van der Waals surface area contributed by atoms with Crippen LogP contribution in [0.5, 0.6) is 5.88 Å². The van der Waals surface area contributed by atoms with Gasteiger partial charge in [-0.25, -0.2) is 4.98 Å². The van der Waals surface area contributed by atoms with Gasteiger partial charge in [0.25, 0.3) is 0 Å². The predicted octanol–water partition coefficient (Wildman–Crippen LogP) is 1.93. The number of pyridine rings is 1. The molecule has 2 heterocycles. The number of hydrogen-bond donors (Lipinski definition) is 1. The SMILES string of the molecule is COc1ccc2c(n1)SC(N)=C(C)C2. The highest BCUT2D eigenvalue weighted by Gasteiger charge is 2.15. The first-order chi connectivity index (χ1) is 6.70. The van der Waals surface area contributed by atoms with E-state index in [4.69, 9.17) is 10.5 Å². The second-order valence-electron chi connectivity index (χ2n) is 3.24. The van der Waals surface area contributed by atoms with Gasteiger partial charge in [-0.15, -0.1) is 0 Å². The van der Waals surface area contributed by atoms with Crippen molar-refractivity contribution in [3.8, 4) is 5.88 Å². The Morgan fingerprint density at radius 3 is 3.00 bits per heavy atom. The molecule has 1 aliphatic rings. The highest BCUT2D eigenvalue weighted by Crippen LogP contribution is 2.34. The van der Waals surface area contributed by atoms with Gasteiger partial charge in [0.05, 0.1) is 12.1 Å². The summed E-state index contributed by atoms with van der Waals surface area (Å²) in [5, 5.41) is 1.82. The second kappa shape index (κ2) is 3.53. The minimum absolute atomic E-state index is 0.642. The van der Waals surface area contributed by atoms with Crippen molar-refractivity contribution in [3.63, 3.8) is 0 Å². The fraction of sp³-hybridized carbons (Fsp3) is 0.300. The van der Waals surface area contributed by atoms with Crippen LogP contribution in [-0.4, -0.2) is 12.1 Å². The number of nitrogens with two attached hydrogens (primary N) is 1. The molecule has 0 radical (unpaired) electrons. The molecule has 0 aliphatic carbocycles. The number of methoxy groups -OCH3 is 1. The zero-order chi connectivity index (χ0) is 10.1. The molecular formula is C10H12N2OS. The van der Waals surface area contributed by atoms with Crippen LogP contribution >= 0.6 is 11.8 Å². The summed E-state index contributed by atoms with van der Waals surface area (Å²) < 4.78 is 5.06. The van der Waals surface area contributed by atoms with E-state index in [9.17, 15) is 0 Å². The van der Waals surface area contributed by atoms with Gasteiger partial charge in [-0.3, -0.25) is 0 Å². The Morgan fingerprint density at radius 2 is 2.29 bits per heavy atom. The van der Waals surface area contributed by atoms with E-state index in [1.807, 2.05) is 12.1 Å². The average Bonchev–Trinajstić information content (AvgIpc) is 2.19. The summed E-state index contributed by atoms with van der Waals surface area (Å²) in [5.41, 5.74) is 8.29. The Morgan fingerprint density at radius 1 is 1.50 bits per heavy atom. The van der Waals surface area contributed by atoms with Crippen molar-refractivity contribution in [2.24, 2.45) is 5.73 Å². The van der Waals surface area contributed by atoms with Crippen molar-refractivity contribution in [2.75, 3.05) is 7.11 Å². The molecule has 14 heavy (non-hydrogen) atoms. The summed E-state index contributed by atoms with van der Waals surface area (Å²) >= 11 is 1.52. The van der Waals surface area contributed by atoms with Crippen molar-refractivity contribution in [2.45, 2.75) is 18.4 Å². The largest absolute Gasteiger partial charge is 0.481 e. The molecule has 0 fully saturated rings. The van der Waals surface area contributed by atoms with Crippen LogP contribution in [-0.2, 0) is 6.42 Å². The van der Waals surface area contributed by atoms with E-state index in [2.05, 4.69) is 11.9 Å². The predicted molar refractivity (Wildman–Crippen MR) is 57.2 cm³/mol. The van der Waals surface area contributed by atoms with Crippen molar-refractivity contribution >= 4 is 11.8 Å². The normalized spacial score (nSPS) is 15.3. The maximum atomic E-state index is 5.85. The molecule has 0 saturated carbocycles. The van der Waals surface area contributed by atoms with Crippen molar-refractivity contribution in [1.29, 1.82) is 0 Å². The summed E-state index contributed by atoms with van der Waals surface area (Å²) in [6.45, 7) is 2.05. The van der Waals surface area contributed by atoms with Gasteiger partial charge in [0.1, 0.15) is 5.03 Å². The van der Waals surface area contributed by atoms with Crippen LogP contribution in [0.3, 0.4) is 0 Å². The molecule has 4 heteroatoms. The van der Waals surface area contributed by atoms with Gasteiger partial charge in [0, 0.05) is 6.07 Å². The Bertz CT molecular complexity index is 401. The standard InChI is InChI=1S/C10H12N2OS/c1-6-5-7-3-4-8(13-2)12-10(7)14-9(6)11/h3-4H,5,11H2,1-2H3. The van der Waals surface area contributed by atoms with Gasteiger partial charge in [-0.2, -0.15) is 0 Å². The van der Waals surface area contributed by atoms with Crippen LogP contribution in [0.25, 0.3) is 0 Å². The van der Waals surface area contributed by atoms with E-state index < -0.39 is 0 Å². The highest BCUT2D eigenvalue weighted by atomic mass is 32.2. The Kier molecular flexibility index (Phi) is 2.37. The van der Waals surface area contributed by atoms with Gasteiger partial charge in [0.2, 0.25) is 5.88 Å². The zero-order valence-electron chi connectivity index (χ0n) is 8.20. The van der Waals surface area contributed by atoms with E-state index in [1.54, 1.807) is 7.11 Å². The highest BCUT2D eigenvalue weighted by molar-refractivity contribution is 8.03. The molecule has 2 N–H and O–H groups in total. The number of nitrogens with zero attached hydrogens (tertiary/aromatic N) is 1. The Balaban J connectivity index is 2.39. The average molecular weight is 208 g/mol. The number of hydrogen-bond acceptors (Lipinski definition) is 4. The van der Waals surface area contributed by atoms with Crippen LogP contribution in [0.15, 0.2) is 27.8 Å². The number of allylic oxidation sites excluding steroid dienone is 1. The van der Waals surface area contributed by atoms with Crippen LogP contribution in [0, 0.1) is 0 Å². The van der Waals surface area contributed by atoms with Gasteiger partial charge in [-0.05, 0) is 24.5 Å². The lowest BCUT2D eigenvalue weighted by Gasteiger charge is -2.16. The molecule has 0 amide bonds. The maximum absolute atomic E-state index is 5.85. The fourth-order valence-corrected chi connectivity index (χ4v) is 2.21. The van der Waals surface area contributed by atoms with Gasteiger partial charge in [0.15, 0.2) is 0 Å². The van der Waals surface area contributed by atoms with Gasteiger partial charge < -0.3 is 10.5 Å². The van der Waals surface area contributed by atoms with Crippen molar-refractivity contribution < 1.29 is 4.74 Å². The smallest absolute Gasteiger partial charge is 0.214 e. The molecule has 2 rings (SSSR count). The first-order valence-electron chi connectivity index (χ1n) is 4.37. The van der Waals surface area contributed by atoms with E-state index in [0.717, 1.165) is 16.5 Å². The lowest BCUT2D eigenvalue weighted by Crippen LogP contribution is -2.07. The number of fused-ring (bicyclic) bond motifs is 1. The molecule has 0 saturated heterocycles. The molecule has 1 aromatic heterocycles. The minimum atomic E-state index is 0.642. The summed E-state index contributed by atoms with van der Waals surface area (Å²) in [5.74, 6) is 0.642.